The van der Waals surface area contributed by atoms with Crippen molar-refractivity contribution in [1.82, 2.24) is 5.43 Å². The molecule has 0 heterocycles. The molecule has 1 N–H and O–H groups in total. The third-order valence-electron chi connectivity index (χ3n) is 3.78. The Morgan fingerprint density at radius 1 is 0.960 bits per heavy atom. The number of hydrazone groups is 1. The maximum absolute atomic E-state index is 11.8. The first-order valence-corrected chi connectivity index (χ1v) is 8.27. The van der Waals surface area contributed by atoms with Gasteiger partial charge in [-0.15, -0.1) is 0 Å². The van der Waals surface area contributed by atoms with Crippen LogP contribution in [0.1, 0.15) is 12.0 Å². The fourth-order valence-electron chi connectivity index (χ4n) is 2.50. The Kier molecular flexibility index (Phi) is 5.77. The number of ether oxygens (including phenoxy) is 1. The molecule has 4 nitrogen and oxygen atoms in total. The smallest absolute Gasteiger partial charge is 0.277 e. The fraction of sp³-hybridized carbons (Fsp3) is 0.143. The summed E-state index contributed by atoms with van der Waals surface area (Å²) < 4.78 is 5.52. The normalized spacial score (nSPS) is 10.9. The zero-order chi connectivity index (χ0) is 17.3. The zero-order valence-corrected chi connectivity index (χ0v) is 13.9. The number of hydrogen-bond donors (Lipinski definition) is 1. The van der Waals surface area contributed by atoms with Gasteiger partial charge in [0.1, 0.15) is 5.75 Å². The lowest BCUT2D eigenvalue weighted by Crippen LogP contribution is -2.24. The van der Waals surface area contributed by atoms with E-state index in [9.17, 15) is 4.79 Å². The molecule has 0 saturated heterocycles. The van der Waals surface area contributed by atoms with Gasteiger partial charge in [-0.25, -0.2) is 5.43 Å². The van der Waals surface area contributed by atoms with Gasteiger partial charge in [-0.05, 0) is 41.3 Å². The number of fused-ring (bicyclic) bond motifs is 1. The maximum atomic E-state index is 11.8. The minimum Gasteiger partial charge on any atom is -0.484 e. The molecular weight excluding hydrogens is 312 g/mol. The number of amides is 1. The van der Waals surface area contributed by atoms with Crippen LogP contribution < -0.4 is 10.2 Å². The molecule has 126 valence electrons. The van der Waals surface area contributed by atoms with E-state index in [2.05, 4.69) is 22.7 Å². The number of hydrogen-bond acceptors (Lipinski definition) is 3. The van der Waals surface area contributed by atoms with Gasteiger partial charge in [-0.3, -0.25) is 4.79 Å². The van der Waals surface area contributed by atoms with Gasteiger partial charge in [0, 0.05) is 6.21 Å². The molecule has 0 radical (unpaired) electrons. The molecule has 3 aromatic carbocycles. The molecule has 0 fully saturated rings. The lowest BCUT2D eigenvalue weighted by molar-refractivity contribution is -0.123. The highest BCUT2D eigenvalue weighted by Crippen LogP contribution is 2.20. The van der Waals surface area contributed by atoms with Gasteiger partial charge < -0.3 is 4.74 Å². The van der Waals surface area contributed by atoms with Gasteiger partial charge in [-0.2, -0.15) is 5.10 Å². The third-order valence-corrected chi connectivity index (χ3v) is 3.78. The summed E-state index contributed by atoms with van der Waals surface area (Å²) in [5.74, 6) is 0.394. The standard InChI is InChI=1S/C21H20N2O2/c24-21(23-22-14-6-9-17-7-2-1-3-8-17)16-25-20-13-12-18-10-4-5-11-19(18)15-20/h1-5,7-8,10-15H,6,9,16H2,(H,23,24)/b22-14-. The fourth-order valence-corrected chi connectivity index (χ4v) is 2.50. The van der Waals surface area contributed by atoms with Crippen molar-refractivity contribution in [3.63, 3.8) is 0 Å². The third kappa shape index (κ3) is 5.18. The summed E-state index contributed by atoms with van der Waals surface area (Å²) in [5.41, 5.74) is 3.73. The van der Waals surface area contributed by atoms with E-state index >= 15 is 0 Å². The molecule has 0 atom stereocenters. The average molecular weight is 332 g/mol. The van der Waals surface area contributed by atoms with Crippen LogP contribution in [0.15, 0.2) is 77.9 Å². The van der Waals surface area contributed by atoms with Gasteiger partial charge in [0.15, 0.2) is 6.61 Å². The summed E-state index contributed by atoms with van der Waals surface area (Å²) in [6.45, 7) is -0.0611. The lowest BCUT2D eigenvalue weighted by atomic mass is 10.1. The molecule has 0 saturated carbocycles. The molecule has 0 aromatic heterocycles. The van der Waals surface area contributed by atoms with Crippen LogP contribution in [-0.4, -0.2) is 18.7 Å². The van der Waals surface area contributed by atoms with E-state index in [0.29, 0.717) is 5.75 Å². The van der Waals surface area contributed by atoms with Crippen LogP contribution in [0.3, 0.4) is 0 Å². The van der Waals surface area contributed by atoms with Gasteiger partial charge in [0.25, 0.3) is 5.91 Å². The molecular formula is C21H20N2O2. The van der Waals surface area contributed by atoms with Crippen molar-refractivity contribution in [2.75, 3.05) is 6.61 Å². The Morgan fingerprint density at radius 2 is 1.72 bits per heavy atom. The van der Waals surface area contributed by atoms with E-state index < -0.39 is 0 Å². The number of aryl methyl sites for hydroxylation is 1. The number of nitrogens with one attached hydrogen (secondary N) is 1. The van der Waals surface area contributed by atoms with Crippen LogP contribution in [-0.2, 0) is 11.2 Å². The quantitative estimate of drug-likeness (QED) is 0.526. The van der Waals surface area contributed by atoms with Crippen molar-refractivity contribution in [3.05, 3.63) is 78.4 Å². The number of carbonyl (C=O) groups excluding carboxylic acids is 1. The largest absolute Gasteiger partial charge is 0.484 e. The number of benzene rings is 3. The van der Waals surface area contributed by atoms with Crippen LogP contribution >= 0.6 is 0 Å². The Hall–Kier alpha value is -3.14. The van der Waals surface area contributed by atoms with Gasteiger partial charge in [0.2, 0.25) is 0 Å². The number of rotatable bonds is 7. The molecule has 0 aliphatic heterocycles. The van der Waals surface area contributed by atoms with Crippen molar-refractivity contribution in [2.45, 2.75) is 12.8 Å². The Bertz CT molecular complexity index is 860. The van der Waals surface area contributed by atoms with Crippen molar-refractivity contribution >= 4 is 22.9 Å². The summed E-state index contributed by atoms with van der Waals surface area (Å²) in [4.78, 5) is 11.8. The molecule has 0 unspecified atom stereocenters. The SMILES string of the molecule is O=C(COc1ccc2ccccc2c1)N/N=C\CCc1ccccc1. The van der Waals surface area contributed by atoms with Crippen LogP contribution in [0.5, 0.6) is 5.75 Å². The van der Waals surface area contributed by atoms with Crippen molar-refractivity contribution in [1.29, 1.82) is 0 Å². The van der Waals surface area contributed by atoms with Crippen LogP contribution in [0, 0.1) is 0 Å². The second-order valence-corrected chi connectivity index (χ2v) is 5.67. The van der Waals surface area contributed by atoms with Crippen molar-refractivity contribution in [3.8, 4) is 5.75 Å². The maximum Gasteiger partial charge on any atom is 0.277 e. The highest BCUT2D eigenvalue weighted by Gasteiger charge is 2.02. The Balaban J connectivity index is 1.40. The molecule has 3 rings (SSSR count). The molecule has 0 aliphatic rings. The Morgan fingerprint density at radius 3 is 2.56 bits per heavy atom. The summed E-state index contributed by atoms with van der Waals surface area (Å²) in [5, 5.41) is 6.17. The minimum atomic E-state index is -0.274. The minimum absolute atomic E-state index is 0.0611. The van der Waals surface area contributed by atoms with Gasteiger partial charge in [0.05, 0.1) is 0 Å². The van der Waals surface area contributed by atoms with Crippen LogP contribution in [0.2, 0.25) is 0 Å². The van der Waals surface area contributed by atoms with Crippen LogP contribution in [0.25, 0.3) is 10.8 Å². The number of carbonyl (C=O) groups is 1. The second kappa shape index (κ2) is 8.64. The van der Waals surface area contributed by atoms with Crippen LogP contribution in [0.4, 0.5) is 0 Å². The van der Waals surface area contributed by atoms with E-state index in [4.69, 9.17) is 4.74 Å². The molecule has 0 bridgehead atoms. The molecule has 25 heavy (non-hydrogen) atoms. The first-order chi connectivity index (χ1) is 12.3. The lowest BCUT2D eigenvalue weighted by Gasteiger charge is -2.06. The van der Waals surface area contributed by atoms with Gasteiger partial charge in [-0.1, -0.05) is 60.7 Å². The van der Waals surface area contributed by atoms with Crippen molar-refractivity contribution < 1.29 is 9.53 Å². The second-order valence-electron chi connectivity index (χ2n) is 5.67. The summed E-state index contributed by atoms with van der Waals surface area (Å²) in [7, 11) is 0. The average Bonchev–Trinajstić information content (AvgIpc) is 2.67. The summed E-state index contributed by atoms with van der Waals surface area (Å²) in [6.07, 6.45) is 3.38. The predicted octanol–water partition coefficient (Wildman–Crippen LogP) is 3.95. The van der Waals surface area contributed by atoms with E-state index in [-0.39, 0.29) is 12.5 Å². The Labute approximate surface area is 147 Å². The molecule has 1 amide bonds. The van der Waals surface area contributed by atoms with E-state index in [1.807, 2.05) is 60.7 Å². The highest BCUT2D eigenvalue weighted by atomic mass is 16.5. The summed E-state index contributed by atoms with van der Waals surface area (Å²) >= 11 is 0. The summed E-state index contributed by atoms with van der Waals surface area (Å²) in [6, 6.07) is 23.9. The molecule has 0 spiro atoms. The zero-order valence-electron chi connectivity index (χ0n) is 13.9. The monoisotopic (exact) mass is 332 g/mol. The molecule has 3 aromatic rings. The molecule has 0 aliphatic carbocycles. The molecule has 4 heteroatoms. The van der Waals surface area contributed by atoms with E-state index in [1.54, 1.807) is 6.21 Å². The first-order valence-electron chi connectivity index (χ1n) is 8.27. The van der Waals surface area contributed by atoms with Crippen molar-refractivity contribution in [2.24, 2.45) is 5.10 Å². The predicted molar refractivity (Wildman–Crippen MR) is 101 cm³/mol. The highest BCUT2D eigenvalue weighted by molar-refractivity contribution is 5.84. The topological polar surface area (TPSA) is 50.7 Å². The van der Waals surface area contributed by atoms with E-state index in [1.165, 1.54) is 5.56 Å². The first kappa shape index (κ1) is 16.7. The van der Waals surface area contributed by atoms with E-state index in [0.717, 1.165) is 23.6 Å². The number of nitrogens with zero attached hydrogens (tertiary/aromatic N) is 1. The van der Waals surface area contributed by atoms with Gasteiger partial charge >= 0.3 is 0 Å².